The third kappa shape index (κ3) is 1.19. The van der Waals surface area contributed by atoms with Gasteiger partial charge in [-0.25, -0.2) is 5.84 Å². The van der Waals surface area contributed by atoms with Gasteiger partial charge in [0.2, 0.25) is 0 Å². The molecule has 0 fully saturated rings. The van der Waals surface area contributed by atoms with Crippen LogP contribution in [0.15, 0.2) is 35.8 Å². The number of nitrogens with two attached hydrogens (primary N) is 2. The maximum atomic E-state index is 5.51. The largest absolute Gasteiger partial charge is 0.403 e. The molecule has 4 N–H and O–H groups in total. The standard InChI is InChI=1S/C7H11N3/c1-6-2-3-10(9)7(4-6)5-8/h2-5H,8-9H2,1H3/b7-5-. The predicted octanol–water partition coefficient (Wildman–Crippen LogP) is 0.436. The molecule has 0 aromatic heterocycles. The minimum atomic E-state index is 0.819. The fraction of sp³-hybridized carbons (Fsp3) is 0.143. The van der Waals surface area contributed by atoms with Crippen LogP contribution in [0.2, 0.25) is 0 Å². The highest BCUT2D eigenvalue weighted by molar-refractivity contribution is 5.32. The molecular weight excluding hydrogens is 126 g/mol. The molecule has 0 saturated carbocycles. The molecular formula is C7H11N3. The number of allylic oxidation sites excluding steroid dienone is 3. The number of hydrazine groups is 1. The van der Waals surface area contributed by atoms with Gasteiger partial charge in [0.15, 0.2) is 0 Å². The van der Waals surface area contributed by atoms with Crippen molar-refractivity contribution in [1.29, 1.82) is 0 Å². The first-order valence-electron chi connectivity index (χ1n) is 3.06. The van der Waals surface area contributed by atoms with Crippen LogP contribution in [0.3, 0.4) is 0 Å². The lowest BCUT2D eigenvalue weighted by atomic mass is 10.2. The molecule has 0 saturated heterocycles. The molecule has 1 aliphatic rings. The molecule has 0 amide bonds. The van der Waals surface area contributed by atoms with Gasteiger partial charge < -0.3 is 5.73 Å². The van der Waals surface area contributed by atoms with Crippen molar-refractivity contribution < 1.29 is 0 Å². The second-order valence-electron chi connectivity index (χ2n) is 2.20. The zero-order chi connectivity index (χ0) is 7.56. The number of hydrogen-bond acceptors (Lipinski definition) is 3. The normalized spacial score (nSPS) is 21.6. The first-order chi connectivity index (χ1) is 4.74. The lowest BCUT2D eigenvalue weighted by Crippen LogP contribution is -2.25. The smallest absolute Gasteiger partial charge is 0.0725 e. The minimum absolute atomic E-state index is 0.819. The van der Waals surface area contributed by atoms with Crippen LogP contribution in [0.5, 0.6) is 0 Å². The van der Waals surface area contributed by atoms with E-state index in [1.807, 2.05) is 19.1 Å². The number of hydrogen-bond donors (Lipinski definition) is 2. The molecule has 1 aliphatic heterocycles. The van der Waals surface area contributed by atoms with E-state index in [1.54, 1.807) is 6.20 Å². The van der Waals surface area contributed by atoms with Crippen molar-refractivity contribution in [2.45, 2.75) is 6.92 Å². The van der Waals surface area contributed by atoms with Gasteiger partial charge in [0.25, 0.3) is 0 Å². The van der Waals surface area contributed by atoms with Crippen molar-refractivity contribution in [3.8, 4) is 0 Å². The van der Waals surface area contributed by atoms with E-state index >= 15 is 0 Å². The van der Waals surface area contributed by atoms with Gasteiger partial charge >= 0.3 is 0 Å². The molecule has 10 heavy (non-hydrogen) atoms. The predicted molar refractivity (Wildman–Crippen MR) is 41.2 cm³/mol. The number of nitrogens with zero attached hydrogens (tertiary/aromatic N) is 1. The van der Waals surface area contributed by atoms with Crippen LogP contribution in [0.1, 0.15) is 6.92 Å². The molecule has 0 spiro atoms. The SMILES string of the molecule is CC1=C/C(=C/N)N(N)C=C1. The van der Waals surface area contributed by atoms with Gasteiger partial charge in [0.1, 0.15) is 0 Å². The third-order valence-corrected chi connectivity index (χ3v) is 1.34. The summed E-state index contributed by atoms with van der Waals surface area (Å²) in [6.07, 6.45) is 7.09. The Morgan fingerprint density at radius 1 is 1.60 bits per heavy atom. The Bertz CT molecular complexity index is 213. The van der Waals surface area contributed by atoms with E-state index in [2.05, 4.69) is 0 Å². The van der Waals surface area contributed by atoms with Crippen molar-refractivity contribution >= 4 is 0 Å². The highest BCUT2D eigenvalue weighted by Crippen LogP contribution is 2.11. The van der Waals surface area contributed by atoms with Crippen molar-refractivity contribution in [2.75, 3.05) is 0 Å². The third-order valence-electron chi connectivity index (χ3n) is 1.34. The fourth-order valence-corrected chi connectivity index (χ4v) is 0.774. The first-order valence-corrected chi connectivity index (χ1v) is 3.06. The molecule has 0 aromatic rings. The number of rotatable bonds is 0. The van der Waals surface area contributed by atoms with Gasteiger partial charge in [-0.3, -0.25) is 5.01 Å². The summed E-state index contributed by atoms with van der Waals surface area (Å²) in [7, 11) is 0. The molecule has 1 heterocycles. The summed E-state index contributed by atoms with van der Waals surface area (Å²) in [6.45, 7) is 1.99. The maximum Gasteiger partial charge on any atom is 0.0725 e. The second-order valence-corrected chi connectivity index (χ2v) is 2.20. The van der Waals surface area contributed by atoms with E-state index in [4.69, 9.17) is 11.6 Å². The molecule has 1 rings (SSSR count). The van der Waals surface area contributed by atoms with E-state index in [-0.39, 0.29) is 0 Å². The second kappa shape index (κ2) is 2.58. The lowest BCUT2D eigenvalue weighted by Gasteiger charge is -2.17. The molecule has 0 aromatic carbocycles. The summed E-state index contributed by atoms with van der Waals surface area (Å²) in [5.41, 5.74) is 7.26. The summed E-state index contributed by atoms with van der Waals surface area (Å²) in [6, 6.07) is 0. The first kappa shape index (κ1) is 6.89. The van der Waals surface area contributed by atoms with Crippen molar-refractivity contribution in [1.82, 2.24) is 5.01 Å². The molecule has 0 unspecified atom stereocenters. The summed E-state index contributed by atoms with van der Waals surface area (Å²) < 4.78 is 0. The van der Waals surface area contributed by atoms with Crippen LogP contribution in [0.25, 0.3) is 0 Å². The van der Waals surface area contributed by atoms with Crippen LogP contribution >= 0.6 is 0 Å². The summed E-state index contributed by atoms with van der Waals surface area (Å²) in [5.74, 6) is 5.51. The van der Waals surface area contributed by atoms with Gasteiger partial charge in [0, 0.05) is 12.4 Å². The molecule has 3 heteroatoms. The van der Waals surface area contributed by atoms with Gasteiger partial charge in [-0.15, -0.1) is 0 Å². The van der Waals surface area contributed by atoms with Crippen molar-refractivity contribution in [3.63, 3.8) is 0 Å². The summed E-state index contributed by atoms with van der Waals surface area (Å²) >= 11 is 0. The Balaban J connectivity index is 2.88. The van der Waals surface area contributed by atoms with E-state index in [1.165, 1.54) is 11.2 Å². The summed E-state index contributed by atoms with van der Waals surface area (Å²) in [4.78, 5) is 0. The highest BCUT2D eigenvalue weighted by Gasteiger charge is 2.01. The molecule has 3 nitrogen and oxygen atoms in total. The Morgan fingerprint density at radius 2 is 2.30 bits per heavy atom. The van der Waals surface area contributed by atoms with Gasteiger partial charge in [-0.2, -0.15) is 0 Å². The zero-order valence-corrected chi connectivity index (χ0v) is 5.91. The molecule has 0 radical (unpaired) electrons. The van der Waals surface area contributed by atoms with Crippen LogP contribution in [0.4, 0.5) is 0 Å². The average molecular weight is 137 g/mol. The average Bonchev–Trinajstić information content (AvgIpc) is 1.94. The summed E-state index contributed by atoms with van der Waals surface area (Å²) in [5, 5.41) is 1.48. The quantitative estimate of drug-likeness (QED) is 0.476. The molecule has 0 aliphatic carbocycles. The minimum Gasteiger partial charge on any atom is -0.403 e. The van der Waals surface area contributed by atoms with E-state index in [0.717, 1.165) is 11.3 Å². The lowest BCUT2D eigenvalue weighted by molar-refractivity contribution is 0.501. The van der Waals surface area contributed by atoms with E-state index in [9.17, 15) is 0 Å². The molecule has 0 atom stereocenters. The van der Waals surface area contributed by atoms with Crippen molar-refractivity contribution in [3.05, 3.63) is 35.8 Å². The highest BCUT2D eigenvalue weighted by atomic mass is 15.4. The van der Waals surface area contributed by atoms with Crippen LogP contribution in [0, 0.1) is 0 Å². The Kier molecular flexibility index (Phi) is 1.78. The topological polar surface area (TPSA) is 55.3 Å². The Morgan fingerprint density at radius 3 is 2.80 bits per heavy atom. The van der Waals surface area contributed by atoms with Gasteiger partial charge in [-0.05, 0) is 24.6 Å². The van der Waals surface area contributed by atoms with E-state index < -0.39 is 0 Å². The van der Waals surface area contributed by atoms with Crippen LogP contribution in [-0.4, -0.2) is 5.01 Å². The Labute approximate surface area is 60.3 Å². The molecule has 54 valence electrons. The Hall–Kier alpha value is -1.22. The molecule has 0 bridgehead atoms. The monoisotopic (exact) mass is 137 g/mol. The van der Waals surface area contributed by atoms with Crippen LogP contribution in [-0.2, 0) is 0 Å². The van der Waals surface area contributed by atoms with Crippen LogP contribution < -0.4 is 11.6 Å². The van der Waals surface area contributed by atoms with Crippen molar-refractivity contribution in [2.24, 2.45) is 11.6 Å². The fourth-order valence-electron chi connectivity index (χ4n) is 0.774. The zero-order valence-electron chi connectivity index (χ0n) is 5.91. The van der Waals surface area contributed by atoms with Gasteiger partial charge in [0.05, 0.1) is 5.70 Å². The maximum absolute atomic E-state index is 5.51. The van der Waals surface area contributed by atoms with Gasteiger partial charge in [-0.1, -0.05) is 0 Å². The van der Waals surface area contributed by atoms with E-state index in [0.29, 0.717) is 0 Å².